The van der Waals surface area contributed by atoms with Crippen molar-refractivity contribution >= 4 is 27.7 Å². The number of halogens is 1. The van der Waals surface area contributed by atoms with Gasteiger partial charge in [-0.05, 0) is 67.6 Å². The standard InChI is InChI=1S/C27H35BrN2O4/c1-4-25(27(32)29-21-8-6-5-7-9-21)30(17-20-10-12-22(33-3)13-11-20)26(31)18-34-23-14-15-24(28)19(2)16-23/h10-16,21,25H,4-9,17-18H2,1-3H3,(H,29,32). The van der Waals surface area contributed by atoms with Crippen molar-refractivity contribution < 1.29 is 19.1 Å². The minimum Gasteiger partial charge on any atom is -0.497 e. The van der Waals surface area contributed by atoms with E-state index in [-0.39, 0.29) is 24.5 Å². The van der Waals surface area contributed by atoms with Crippen LogP contribution >= 0.6 is 15.9 Å². The molecule has 1 atom stereocenters. The van der Waals surface area contributed by atoms with Crippen LogP contribution in [-0.4, -0.2) is 42.5 Å². The Kier molecular flexibility index (Phi) is 9.81. The van der Waals surface area contributed by atoms with Crippen LogP contribution in [0.1, 0.15) is 56.6 Å². The van der Waals surface area contributed by atoms with Crippen LogP contribution in [0.5, 0.6) is 11.5 Å². The molecule has 3 rings (SSSR count). The number of nitrogens with one attached hydrogen (secondary N) is 1. The lowest BCUT2D eigenvalue weighted by molar-refractivity contribution is -0.143. The van der Waals surface area contributed by atoms with Crippen LogP contribution in [0.2, 0.25) is 0 Å². The molecule has 1 unspecified atom stereocenters. The topological polar surface area (TPSA) is 67.9 Å². The van der Waals surface area contributed by atoms with Crippen molar-refractivity contribution in [1.82, 2.24) is 10.2 Å². The van der Waals surface area contributed by atoms with Crippen molar-refractivity contribution in [2.75, 3.05) is 13.7 Å². The minimum atomic E-state index is -0.563. The summed E-state index contributed by atoms with van der Waals surface area (Å²) in [6, 6.07) is 12.8. The predicted molar refractivity (Wildman–Crippen MR) is 137 cm³/mol. The van der Waals surface area contributed by atoms with E-state index in [1.165, 1.54) is 6.42 Å². The number of hydrogen-bond donors (Lipinski definition) is 1. The number of rotatable bonds is 10. The molecule has 0 aromatic heterocycles. The van der Waals surface area contributed by atoms with E-state index in [1.54, 1.807) is 12.0 Å². The Hall–Kier alpha value is -2.54. The number of ether oxygens (including phenoxy) is 2. The monoisotopic (exact) mass is 530 g/mol. The van der Waals surface area contributed by atoms with E-state index in [4.69, 9.17) is 9.47 Å². The molecule has 1 aliphatic carbocycles. The fraction of sp³-hybridized carbons (Fsp3) is 0.481. The van der Waals surface area contributed by atoms with Crippen LogP contribution in [0.25, 0.3) is 0 Å². The first kappa shape index (κ1) is 26.1. The van der Waals surface area contributed by atoms with Gasteiger partial charge in [-0.15, -0.1) is 0 Å². The van der Waals surface area contributed by atoms with Crippen LogP contribution < -0.4 is 14.8 Å². The maximum Gasteiger partial charge on any atom is 0.261 e. The van der Waals surface area contributed by atoms with E-state index in [0.717, 1.165) is 47.0 Å². The third-order valence-corrected chi connectivity index (χ3v) is 7.23. The van der Waals surface area contributed by atoms with Crippen LogP contribution in [0.3, 0.4) is 0 Å². The number of carbonyl (C=O) groups excluding carboxylic acids is 2. The molecule has 1 saturated carbocycles. The molecule has 184 valence electrons. The van der Waals surface area contributed by atoms with E-state index >= 15 is 0 Å². The molecule has 6 nitrogen and oxygen atoms in total. The maximum absolute atomic E-state index is 13.4. The summed E-state index contributed by atoms with van der Waals surface area (Å²) in [6.07, 6.45) is 6.02. The zero-order valence-electron chi connectivity index (χ0n) is 20.3. The van der Waals surface area contributed by atoms with E-state index in [1.807, 2.05) is 56.3 Å². The van der Waals surface area contributed by atoms with Crippen molar-refractivity contribution in [3.8, 4) is 11.5 Å². The van der Waals surface area contributed by atoms with Gasteiger partial charge in [0.05, 0.1) is 7.11 Å². The molecule has 2 aromatic rings. The summed E-state index contributed by atoms with van der Waals surface area (Å²) in [7, 11) is 1.62. The number of aryl methyl sites for hydroxylation is 1. The Morgan fingerprint density at radius 1 is 1.09 bits per heavy atom. The molecule has 0 spiro atoms. The molecule has 0 saturated heterocycles. The molecule has 1 fully saturated rings. The number of methoxy groups -OCH3 is 1. The SMILES string of the molecule is CCC(C(=O)NC1CCCCC1)N(Cc1ccc(OC)cc1)C(=O)COc1ccc(Br)c(C)c1. The molecular weight excluding hydrogens is 496 g/mol. The van der Waals surface area contributed by atoms with Gasteiger partial charge < -0.3 is 19.7 Å². The lowest BCUT2D eigenvalue weighted by Crippen LogP contribution is -2.52. The summed E-state index contributed by atoms with van der Waals surface area (Å²) in [5, 5.41) is 3.20. The third-order valence-electron chi connectivity index (χ3n) is 6.34. The number of benzene rings is 2. The Balaban J connectivity index is 1.76. The van der Waals surface area contributed by atoms with Gasteiger partial charge in [0.15, 0.2) is 6.61 Å². The van der Waals surface area contributed by atoms with Crippen LogP contribution in [0, 0.1) is 6.92 Å². The van der Waals surface area contributed by atoms with Gasteiger partial charge in [-0.3, -0.25) is 9.59 Å². The summed E-state index contributed by atoms with van der Waals surface area (Å²) in [5.41, 5.74) is 1.95. The van der Waals surface area contributed by atoms with Gasteiger partial charge in [-0.1, -0.05) is 54.2 Å². The Morgan fingerprint density at radius 2 is 1.76 bits per heavy atom. The van der Waals surface area contributed by atoms with E-state index < -0.39 is 6.04 Å². The molecule has 0 bridgehead atoms. The lowest BCUT2D eigenvalue weighted by Gasteiger charge is -2.32. The quantitative estimate of drug-likeness (QED) is 0.446. The zero-order chi connectivity index (χ0) is 24.5. The molecule has 2 amide bonds. The molecule has 0 radical (unpaired) electrons. The van der Waals surface area contributed by atoms with Crippen LogP contribution in [0.15, 0.2) is 46.9 Å². The summed E-state index contributed by atoms with van der Waals surface area (Å²) in [6.45, 7) is 4.10. The second kappa shape index (κ2) is 12.8. The molecule has 1 N–H and O–H groups in total. The highest BCUT2D eigenvalue weighted by molar-refractivity contribution is 9.10. The summed E-state index contributed by atoms with van der Waals surface area (Å²) in [4.78, 5) is 28.3. The first-order chi connectivity index (χ1) is 16.4. The molecule has 7 heteroatoms. The normalized spacial score (nSPS) is 14.8. The number of amides is 2. The Bertz CT molecular complexity index is 958. The third kappa shape index (κ3) is 7.23. The molecule has 34 heavy (non-hydrogen) atoms. The second-order valence-electron chi connectivity index (χ2n) is 8.84. The molecule has 2 aromatic carbocycles. The molecule has 0 heterocycles. The number of hydrogen-bond acceptors (Lipinski definition) is 4. The van der Waals surface area contributed by atoms with Crippen LogP contribution in [0.4, 0.5) is 0 Å². The summed E-state index contributed by atoms with van der Waals surface area (Å²) in [5.74, 6) is 1.06. The van der Waals surface area contributed by atoms with Crippen molar-refractivity contribution in [1.29, 1.82) is 0 Å². The average Bonchev–Trinajstić information content (AvgIpc) is 2.85. The molecular formula is C27H35BrN2O4. The van der Waals surface area contributed by atoms with Crippen molar-refractivity contribution in [2.24, 2.45) is 0 Å². The van der Waals surface area contributed by atoms with Gasteiger partial charge >= 0.3 is 0 Å². The van der Waals surface area contributed by atoms with Crippen molar-refractivity contribution in [3.63, 3.8) is 0 Å². The molecule has 1 aliphatic rings. The van der Waals surface area contributed by atoms with Crippen LogP contribution in [-0.2, 0) is 16.1 Å². The first-order valence-electron chi connectivity index (χ1n) is 12.0. The van der Waals surface area contributed by atoms with E-state index in [0.29, 0.717) is 18.7 Å². The van der Waals surface area contributed by atoms with Gasteiger partial charge in [-0.25, -0.2) is 0 Å². The fourth-order valence-corrected chi connectivity index (χ4v) is 4.57. The van der Waals surface area contributed by atoms with E-state index in [2.05, 4.69) is 21.2 Å². The van der Waals surface area contributed by atoms with Gasteiger partial charge in [0, 0.05) is 17.1 Å². The second-order valence-corrected chi connectivity index (χ2v) is 9.69. The maximum atomic E-state index is 13.4. The van der Waals surface area contributed by atoms with Gasteiger partial charge in [0.2, 0.25) is 5.91 Å². The van der Waals surface area contributed by atoms with E-state index in [9.17, 15) is 9.59 Å². The predicted octanol–water partition coefficient (Wildman–Crippen LogP) is 5.40. The highest BCUT2D eigenvalue weighted by atomic mass is 79.9. The zero-order valence-corrected chi connectivity index (χ0v) is 21.9. The minimum absolute atomic E-state index is 0.0873. The Labute approximate surface area is 211 Å². The number of nitrogens with zero attached hydrogens (tertiary/aromatic N) is 1. The first-order valence-corrected chi connectivity index (χ1v) is 12.8. The Morgan fingerprint density at radius 3 is 2.38 bits per heavy atom. The smallest absolute Gasteiger partial charge is 0.261 e. The lowest BCUT2D eigenvalue weighted by atomic mass is 9.95. The van der Waals surface area contributed by atoms with Crippen molar-refractivity contribution in [3.05, 3.63) is 58.1 Å². The van der Waals surface area contributed by atoms with Gasteiger partial charge in [0.1, 0.15) is 17.5 Å². The highest BCUT2D eigenvalue weighted by Gasteiger charge is 2.30. The van der Waals surface area contributed by atoms with Gasteiger partial charge in [0.25, 0.3) is 5.91 Å². The van der Waals surface area contributed by atoms with Crippen molar-refractivity contribution in [2.45, 2.75) is 71.0 Å². The summed E-state index contributed by atoms with van der Waals surface area (Å²) < 4.78 is 12.1. The fourth-order valence-electron chi connectivity index (χ4n) is 4.33. The number of carbonyl (C=O) groups is 2. The highest BCUT2D eigenvalue weighted by Crippen LogP contribution is 2.23. The molecule has 0 aliphatic heterocycles. The van der Waals surface area contributed by atoms with Gasteiger partial charge in [-0.2, -0.15) is 0 Å². The summed E-state index contributed by atoms with van der Waals surface area (Å²) >= 11 is 3.48. The largest absolute Gasteiger partial charge is 0.497 e. The average molecular weight is 531 g/mol.